The maximum absolute atomic E-state index is 12.6. The number of anilines is 1. The Morgan fingerprint density at radius 1 is 1.03 bits per heavy atom. The van der Waals surface area contributed by atoms with Crippen LogP contribution >= 0.6 is 0 Å². The zero-order valence-corrected chi connectivity index (χ0v) is 18.8. The van der Waals surface area contributed by atoms with Crippen LogP contribution in [-0.2, 0) is 39.0 Å². The molecule has 8 heteroatoms. The van der Waals surface area contributed by atoms with E-state index in [-0.39, 0.29) is 29.7 Å². The van der Waals surface area contributed by atoms with Crippen LogP contribution in [-0.4, -0.2) is 38.7 Å². The second-order valence-corrected chi connectivity index (χ2v) is 9.63. The van der Waals surface area contributed by atoms with Crippen LogP contribution in [0.5, 0.6) is 0 Å². The number of sulfonamides is 1. The summed E-state index contributed by atoms with van der Waals surface area (Å²) in [6.45, 7) is 1.85. The quantitative estimate of drug-likeness (QED) is 0.656. The number of hydrogen-bond donors (Lipinski definition) is 2. The normalized spacial score (nSPS) is 13.4. The van der Waals surface area contributed by atoms with Crippen molar-refractivity contribution >= 4 is 27.5 Å². The molecule has 31 heavy (non-hydrogen) atoms. The molecule has 3 rings (SSSR count). The first-order valence-corrected chi connectivity index (χ1v) is 12.0. The molecule has 0 bridgehead atoms. The Labute approximate surface area is 183 Å². The molecule has 2 amide bonds. The number of carbonyl (C=O) groups is 2. The summed E-state index contributed by atoms with van der Waals surface area (Å²) in [5.74, 6) is -0.371. The van der Waals surface area contributed by atoms with Gasteiger partial charge in [0.25, 0.3) is 0 Å². The summed E-state index contributed by atoms with van der Waals surface area (Å²) in [6.07, 6.45) is 4.11. The third kappa shape index (κ3) is 6.15. The summed E-state index contributed by atoms with van der Waals surface area (Å²) in [4.78, 5) is 25.7. The molecule has 0 radical (unpaired) electrons. The van der Waals surface area contributed by atoms with E-state index in [9.17, 15) is 18.0 Å². The highest BCUT2D eigenvalue weighted by Gasteiger charge is 2.18. The lowest BCUT2D eigenvalue weighted by Crippen LogP contribution is -2.28. The molecular weight excluding hydrogens is 414 g/mol. The summed E-state index contributed by atoms with van der Waals surface area (Å²) in [5, 5.41) is 2.81. The Hall–Kier alpha value is -2.71. The Bertz CT molecular complexity index is 1070. The minimum atomic E-state index is -3.67. The van der Waals surface area contributed by atoms with Gasteiger partial charge in [0.2, 0.25) is 21.8 Å². The lowest BCUT2D eigenvalue weighted by atomic mass is 9.92. The van der Waals surface area contributed by atoms with Gasteiger partial charge in [-0.05, 0) is 60.6 Å². The highest BCUT2D eigenvalue weighted by Crippen LogP contribution is 2.24. The third-order valence-electron chi connectivity index (χ3n) is 5.51. The first-order valence-electron chi connectivity index (χ1n) is 10.5. The van der Waals surface area contributed by atoms with Crippen LogP contribution in [0.25, 0.3) is 0 Å². The molecule has 0 spiro atoms. The Morgan fingerprint density at radius 3 is 2.48 bits per heavy atom. The minimum Gasteiger partial charge on any atom is -0.342 e. The third-order valence-corrected chi connectivity index (χ3v) is 6.97. The fourth-order valence-electron chi connectivity index (χ4n) is 3.62. The van der Waals surface area contributed by atoms with E-state index in [1.807, 2.05) is 18.2 Å². The number of para-hydroxylation sites is 1. The monoisotopic (exact) mass is 443 g/mol. The van der Waals surface area contributed by atoms with Crippen molar-refractivity contribution in [2.24, 2.45) is 0 Å². The van der Waals surface area contributed by atoms with Crippen molar-refractivity contribution in [3.05, 3.63) is 59.2 Å². The smallest absolute Gasteiger partial charge is 0.240 e. The Kier molecular flexibility index (Phi) is 7.46. The molecule has 1 aliphatic rings. The van der Waals surface area contributed by atoms with Gasteiger partial charge in [0.15, 0.2) is 0 Å². The molecule has 2 N–H and O–H groups in total. The van der Waals surface area contributed by atoms with Gasteiger partial charge in [-0.15, -0.1) is 0 Å². The van der Waals surface area contributed by atoms with Crippen molar-refractivity contribution in [3.63, 3.8) is 0 Å². The number of amides is 2. The molecule has 0 saturated carbocycles. The van der Waals surface area contributed by atoms with E-state index >= 15 is 0 Å². The first kappa shape index (κ1) is 23.0. The van der Waals surface area contributed by atoms with Crippen LogP contribution in [0.2, 0.25) is 0 Å². The van der Waals surface area contributed by atoms with Crippen molar-refractivity contribution in [1.82, 2.24) is 9.62 Å². The standard InChI is InChI=1S/C23H29N3O4S/c1-17(27)26(2)16-20-9-5-6-10-22(20)25-23(28)13-14-24-31(29,30)21-12-11-18-7-3-4-8-19(18)15-21/h5-6,9-12,15,24H,3-4,7-8,13-14,16H2,1-2H3,(H,25,28). The summed E-state index contributed by atoms with van der Waals surface area (Å²) in [6, 6.07) is 12.5. The Morgan fingerprint density at radius 2 is 1.74 bits per heavy atom. The van der Waals surface area contributed by atoms with Crippen molar-refractivity contribution in [2.45, 2.75) is 50.5 Å². The number of aryl methyl sites for hydroxylation is 2. The minimum absolute atomic E-state index is 0.000761. The lowest BCUT2D eigenvalue weighted by Gasteiger charge is -2.18. The molecule has 0 fully saturated rings. The zero-order valence-electron chi connectivity index (χ0n) is 18.0. The molecule has 1 aliphatic carbocycles. The second kappa shape index (κ2) is 10.1. The fourth-order valence-corrected chi connectivity index (χ4v) is 4.70. The van der Waals surface area contributed by atoms with Crippen molar-refractivity contribution < 1.29 is 18.0 Å². The summed E-state index contributed by atoms with van der Waals surface area (Å²) in [7, 11) is -1.98. The summed E-state index contributed by atoms with van der Waals surface area (Å²) in [5.41, 5.74) is 3.74. The maximum Gasteiger partial charge on any atom is 0.240 e. The van der Waals surface area contributed by atoms with Gasteiger partial charge in [0.05, 0.1) is 4.90 Å². The number of hydrogen-bond acceptors (Lipinski definition) is 4. The second-order valence-electron chi connectivity index (χ2n) is 7.87. The van der Waals surface area contributed by atoms with Crippen LogP contribution in [0.3, 0.4) is 0 Å². The van der Waals surface area contributed by atoms with E-state index in [4.69, 9.17) is 0 Å². The summed E-state index contributed by atoms with van der Waals surface area (Å²) >= 11 is 0. The van der Waals surface area contributed by atoms with Gasteiger partial charge in [-0.1, -0.05) is 24.3 Å². The molecule has 166 valence electrons. The zero-order chi connectivity index (χ0) is 22.4. The molecular formula is C23H29N3O4S. The molecule has 0 heterocycles. The predicted molar refractivity (Wildman–Crippen MR) is 120 cm³/mol. The van der Waals surface area contributed by atoms with Crippen LogP contribution in [0.4, 0.5) is 5.69 Å². The highest BCUT2D eigenvalue weighted by molar-refractivity contribution is 7.89. The van der Waals surface area contributed by atoms with Crippen molar-refractivity contribution in [2.75, 3.05) is 18.9 Å². The number of nitrogens with zero attached hydrogens (tertiary/aromatic N) is 1. The van der Waals surface area contributed by atoms with Gasteiger partial charge in [-0.25, -0.2) is 13.1 Å². The average molecular weight is 444 g/mol. The van der Waals surface area contributed by atoms with Gasteiger partial charge in [0, 0.05) is 39.2 Å². The van der Waals surface area contributed by atoms with E-state index in [2.05, 4.69) is 10.0 Å². The van der Waals surface area contributed by atoms with E-state index < -0.39 is 10.0 Å². The van der Waals surface area contributed by atoms with Crippen LogP contribution in [0.15, 0.2) is 47.4 Å². The summed E-state index contributed by atoms with van der Waals surface area (Å²) < 4.78 is 27.8. The molecule has 2 aromatic rings. The number of fused-ring (bicyclic) bond motifs is 1. The molecule has 0 aromatic heterocycles. The van der Waals surface area contributed by atoms with Gasteiger partial charge in [-0.3, -0.25) is 9.59 Å². The van der Waals surface area contributed by atoms with E-state index in [1.165, 1.54) is 12.5 Å². The number of rotatable bonds is 8. The predicted octanol–water partition coefficient (Wildman–Crippen LogP) is 2.85. The molecule has 0 saturated heterocycles. The van der Waals surface area contributed by atoms with E-state index in [0.29, 0.717) is 12.2 Å². The molecule has 0 aliphatic heterocycles. The SMILES string of the molecule is CC(=O)N(C)Cc1ccccc1NC(=O)CCNS(=O)(=O)c1ccc2c(c1)CCCC2. The fraction of sp³-hybridized carbons (Fsp3) is 0.391. The average Bonchev–Trinajstić information content (AvgIpc) is 2.74. The maximum atomic E-state index is 12.6. The molecule has 2 aromatic carbocycles. The topological polar surface area (TPSA) is 95.6 Å². The van der Waals surface area contributed by atoms with Crippen molar-refractivity contribution in [3.8, 4) is 0 Å². The van der Waals surface area contributed by atoms with Crippen LogP contribution < -0.4 is 10.0 Å². The highest BCUT2D eigenvalue weighted by atomic mass is 32.2. The van der Waals surface area contributed by atoms with Gasteiger partial charge in [0.1, 0.15) is 0 Å². The molecule has 7 nitrogen and oxygen atoms in total. The van der Waals surface area contributed by atoms with Crippen LogP contribution in [0, 0.1) is 0 Å². The Balaban J connectivity index is 1.56. The number of benzene rings is 2. The van der Waals surface area contributed by atoms with Gasteiger partial charge >= 0.3 is 0 Å². The first-order chi connectivity index (χ1) is 14.8. The molecule has 0 atom stereocenters. The largest absolute Gasteiger partial charge is 0.342 e. The van der Waals surface area contributed by atoms with Crippen molar-refractivity contribution in [1.29, 1.82) is 0 Å². The lowest BCUT2D eigenvalue weighted by molar-refractivity contribution is -0.128. The van der Waals surface area contributed by atoms with E-state index in [1.54, 1.807) is 36.2 Å². The van der Waals surface area contributed by atoms with Crippen LogP contribution in [0.1, 0.15) is 42.9 Å². The molecule has 0 unspecified atom stereocenters. The number of nitrogens with one attached hydrogen (secondary N) is 2. The van der Waals surface area contributed by atoms with Gasteiger partial charge in [-0.2, -0.15) is 0 Å². The van der Waals surface area contributed by atoms with Gasteiger partial charge < -0.3 is 10.2 Å². The number of carbonyl (C=O) groups excluding carboxylic acids is 2. The van der Waals surface area contributed by atoms with E-state index in [0.717, 1.165) is 36.8 Å².